The Bertz CT molecular complexity index is 742. The lowest BCUT2D eigenvalue weighted by atomic mass is 9.89. The van der Waals surface area contributed by atoms with E-state index in [2.05, 4.69) is 5.32 Å². The average Bonchev–Trinajstić information content (AvgIpc) is 2.96. The first-order valence-corrected chi connectivity index (χ1v) is 8.42. The highest BCUT2D eigenvalue weighted by Gasteiger charge is 2.51. The van der Waals surface area contributed by atoms with Crippen molar-refractivity contribution >= 4 is 17.9 Å². The van der Waals surface area contributed by atoms with Gasteiger partial charge in [0.15, 0.2) is 5.60 Å². The minimum absolute atomic E-state index is 0.199. The van der Waals surface area contributed by atoms with Gasteiger partial charge in [-0.3, -0.25) is 5.32 Å². The van der Waals surface area contributed by atoms with Gasteiger partial charge in [-0.1, -0.05) is 0 Å². The van der Waals surface area contributed by atoms with E-state index in [1.54, 1.807) is 24.1 Å². The van der Waals surface area contributed by atoms with Crippen molar-refractivity contribution in [3.8, 4) is 11.5 Å². The summed E-state index contributed by atoms with van der Waals surface area (Å²) in [6.45, 7) is 6.05. The molecule has 1 fully saturated rings. The van der Waals surface area contributed by atoms with Crippen molar-refractivity contribution in [2.75, 3.05) is 32.6 Å². The lowest BCUT2D eigenvalue weighted by Gasteiger charge is -2.36. The zero-order valence-electron chi connectivity index (χ0n) is 15.7. The van der Waals surface area contributed by atoms with E-state index in [-0.39, 0.29) is 6.54 Å². The Kier molecular flexibility index (Phi) is 4.37. The molecule has 1 aromatic carbocycles. The summed E-state index contributed by atoms with van der Waals surface area (Å²) in [5.74, 6) is 1.09. The standard InChI is InChI=1S/C18H24N2O6/c1-17(2,3)26-16(22)20-7-6-18(10-20)14-12(19-15(21)25-18)8-11(23-4)9-13(14)24-5/h8-9H,6-7,10H2,1-5H3,(H,19,21). The van der Waals surface area contributed by atoms with Crippen LogP contribution in [-0.2, 0) is 15.1 Å². The molecule has 1 unspecified atom stereocenters. The van der Waals surface area contributed by atoms with E-state index in [1.165, 1.54) is 7.11 Å². The third-order valence-corrected chi connectivity index (χ3v) is 4.40. The fourth-order valence-corrected chi connectivity index (χ4v) is 3.35. The summed E-state index contributed by atoms with van der Waals surface area (Å²) in [6, 6.07) is 3.45. The van der Waals surface area contributed by atoms with Crippen molar-refractivity contribution in [1.29, 1.82) is 0 Å². The van der Waals surface area contributed by atoms with Crippen molar-refractivity contribution in [3.63, 3.8) is 0 Å². The fraction of sp³-hybridized carbons (Fsp3) is 0.556. The van der Waals surface area contributed by atoms with Crippen LogP contribution >= 0.6 is 0 Å². The molecule has 1 atom stereocenters. The summed E-state index contributed by atoms with van der Waals surface area (Å²) in [4.78, 5) is 26.1. The van der Waals surface area contributed by atoms with E-state index < -0.39 is 23.4 Å². The van der Waals surface area contributed by atoms with Gasteiger partial charge in [0, 0.05) is 25.1 Å². The minimum Gasteiger partial charge on any atom is -0.497 e. The first-order chi connectivity index (χ1) is 12.2. The topological polar surface area (TPSA) is 86.3 Å². The Balaban J connectivity index is 1.97. The quantitative estimate of drug-likeness (QED) is 0.868. The molecule has 2 aliphatic heterocycles. The van der Waals surface area contributed by atoms with Crippen LogP contribution in [0.1, 0.15) is 32.8 Å². The van der Waals surface area contributed by atoms with Gasteiger partial charge >= 0.3 is 12.2 Å². The number of nitrogens with one attached hydrogen (secondary N) is 1. The van der Waals surface area contributed by atoms with Gasteiger partial charge in [0.1, 0.15) is 17.1 Å². The second-order valence-corrected chi connectivity index (χ2v) is 7.41. The summed E-state index contributed by atoms with van der Waals surface area (Å²) in [7, 11) is 3.08. The number of ether oxygens (including phenoxy) is 4. The number of rotatable bonds is 2. The van der Waals surface area contributed by atoms with Crippen LogP contribution in [0.5, 0.6) is 11.5 Å². The molecule has 2 aliphatic rings. The van der Waals surface area contributed by atoms with Crippen molar-refractivity contribution in [3.05, 3.63) is 17.7 Å². The number of hydrogen-bond donors (Lipinski definition) is 1. The predicted octanol–water partition coefficient (Wildman–Crippen LogP) is 3.10. The number of fused-ring (bicyclic) bond motifs is 2. The van der Waals surface area contributed by atoms with E-state index in [9.17, 15) is 9.59 Å². The van der Waals surface area contributed by atoms with Crippen LogP contribution in [0.15, 0.2) is 12.1 Å². The maximum absolute atomic E-state index is 12.4. The molecule has 142 valence electrons. The number of methoxy groups -OCH3 is 2. The highest BCUT2D eigenvalue weighted by atomic mass is 16.6. The third-order valence-electron chi connectivity index (χ3n) is 4.40. The number of carbonyl (C=O) groups is 2. The number of nitrogens with zero attached hydrogens (tertiary/aromatic N) is 1. The smallest absolute Gasteiger partial charge is 0.412 e. The fourth-order valence-electron chi connectivity index (χ4n) is 3.35. The highest BCUT2D eigenvalue weighted by molar-refractivity contribution is 5.90. The Labute approximate surface area is 152 Å². The van der Waals surface area contributed by atoms with Crippen LogP contribution in [0.2, 0.25) is 0 Å². The summed E-state index contributed by atoms with van der Waals surface area (Å²) in [6.07, 6.45) is -0.549. The molecule has 0 aromatic heterocycles. The summed E-state index contributed by atoms with van der Waals surface area (Å²) in [5.41, 5.74) is -0.317. The van der Waals surface area contributed by atoms with Gasteiger partial charge in [-0.05, 0) is 20.8 Å². The molecule has 0 bridgehead atoms. The number of anilines is 1. The molecule has 2 amide bonds. The van der Waals surface area contributed by atoms with Crippen molar-refractivity contribution < 1.29 is 28.5 Å². The first kappa shape index (κ1) is 18.2. The molecule has 1 N–H and O–H groups in total. The van der Waals surface area contributed by atoms with Crippen LogP contribution in [0.4, 0.5) is 15.3 Å². The molecule has 1 saturated heterocycles. The van der Waals surface area contributed by atoms with Crippen LogP contribution in [-0.4, -0.2) is 50.0 Å². The maximum Gasteiger partial charge on any atom is 0.412 e. The van der Waals surface area contributed by atoms with Crippen molar-refractivity contribution in [1.82, 2.24) is 4.90 Å². The van der Waals surface area contributed by atoms with Gasteiger partial charge in [-0.15, -0.1) is 0 Å². The zero-order chi connectivity index (χ0) is 19.1. The average molecular weight is 364 g/mol. The van der Waals surface area contributed by atoms with Crippen LogP contribution < -0.4 is 14.8 Å². The molecule has 0 saturated carbocycles. The van der Waals surface area contributed by atoms with Crippen LogP contribution in [0, 0.1) is 0 Å². The monoisotopic (exact) mass is 364 g/mol. The molecule has 1 aromatic rings. The SMILES string of the molecule is COc1cc2c(c(OC)c1)C1(CCN(C(=O)OC(C)(C)C)C1)OC(=O)N2. The van der Waals surface area contributed by atoms with E-state index >= 15 is 0 Å². The highest BCUT2D eigenvalue weighted by Crippen LogP contribution is 2.48. The lowest BCUT2D eigenvalue weighted by Crippen LogP contribution is -2.43. The van der Waals surface area contributed by atoms with Crippen molar-refractivity contribution in [2.45, 2.75) is 38.4 Å². The van der Waals surface area contributed by atoms with Crippen LogP contribution in [0.3, 0.4) is 0 Å². The molecule has 3 rings (SSSR count). The Morgan fingerprint density at radius 2 is 2.00 bits per heavy atom. The molecule has 2 heterocycles. The molecule has 0 aliphatic carbocycles. The predicted molar refractivity (Wildman–Crippen MR) is 93.8 cm³/mol. The van der Waals surface area contributed by atoms with E-state index in [1.807, 2.05) is 20.8 Å². The third kappa shape index (κ3) is 3.23. The summed E-state index contributed by atoms with van der Waals surface area (Å²) < 4.78 is 21.9. The summed E-state index contributed by atoms with van der Waals surface area (Å²) >= 11 is 0. The molecular weight excluding hydrogens is 340 g/mol. The molecule has 8 heteroatoms. The normalized spacial score (nSPS) is 21.7. The number of carbonyl (C=O) groups excluding carboxylic acids is 2. The lowest BCUT2D eigenvalue weighted by molar-refractivity contribution is 0.00326. The maximum atomic E-state index is 12.4. The second kappa shape index (κ2) is 6.26. The number of amides is 2. The van der Waals surface area contributed by atoms with Gasteiger partial charge in [0.2, 0.25) is 0 Å². The molecule has 26 heavy (non-hydrogen) atoms. The van der Waals surface area contributed by atoms with Gasteiger partial charge in [-0.2, -0.15) is 0 Å². The molecular formula is C18H24N2O6. The van der Waals surface area contributed by atoms with E-state index in [0.717, 1.165) is 0 Å². The molecule has 1 spiro atoms. The number of likely N-dealkylation sites (tertiary alicyclic amines) is 1. The van der Waals surface area contributed by atoms with E-state index in [0.29, 0.717) is 35.7 Å². The Morgan fingerprint density at radius 3 is 2.62 bits per heavy atom. The van der Waals surface area contributed by atoms with Gasteiger partial charge < -0.3 is 23.8 Å². The Hall–Kier alpha value is -2.64. The number of benzene rings is 1. The second-order valence-electron chi connectivity index (χ2n) is 7.41. The zero-order valence-corrected chi connectivity index (χ0v) is 15.7. The summed E-state index contributed by atoms with van der Waals surface area (Å²) in [5, 5.41) is 2.69. The number of hydrogen-bond acceptors (Lipinski definition) is 6. The van der Waals surface area contributed by atoms with Gasteiger partial charge in [0.25, 0.3) is 0 Å². The van der Waals surface area contributed by atoms with Gasteiger partial charge in [-0.25, -0.2) is 9.59 Å². The first-order valence-electron chi connectivity index (χ1n) is 8.42. The van der Waals surface area contributed by atoms with Crippen molar-refractivity contribution in [2.24, 2.45) is 0 Å². The van der Waals surface area contributed by atoms with E-state index in [4.69, 9.17) is 18.9 Å². The molecule has 0 radical (unpaired) electrons. The van der Waals surface area contributed by atoms with Crippen LogP contribution in [0.25, 0.3) is 0 Å². The minimum atomic E-state index is -0.980. The van der Waals surface area contributed by atoms with Gasteiger partial charge in [0.05, 0.1) is 32.0 Å². The largest absolute Gasteiger partial charge is 0.497 e. The Morgan fingerprint density at radius 1 is 1.27 bits per heavy atom. The molecule has 8 nitrogen and oxygen atoms in total.